The van der Waals surface area contributed by atoms with Crippen molar-refractivity contribution in [2.75, 3.05) is 25.0 Å². The lowest BCUT2D eigenvalue weighted by Gasteiger charge is -2.01. The van der Waals surface area contributed by atoms with Gasteiger partial charge in [0.15, 0.2) is 0 Å². The van der Waals surface area contributed by atoms with Crippen LogP contribution >= 0.6 is 0 Å². The molecule has 0 nitrogen and oxygen atoms in total. The van der Waals surface area contributed by atoms with Crippen LogP contribution < -0.4 is 0 Å². The highest BCUT2D eigenvalue weighted by molar-refractivity contribution is 7.95. The van der Waals surface area contributed by atoms with Gasteiger partial charge in [-0.3, -0.25) is 0 Å². The lowest BCUT2D eigenvalue weighted by atomic mass is 10.2. The third-order valence-corrected chi connectivity index (χ3v) is 3.76. The Bertz CT molecular complexity index is 379. The van der Waals surface area contributed by atoms with E-state index in [0.29, 0.717) is 21.8 Å². The molecule has 0 aliphatic rings. The van der Waals surface area contributed by atoms with E-state index in [-0.39, 0.29) is 0 Å². The molecule has 1 rings (SSSR count). The summed E-state index contributed by atoms with van der Waals surface area (Å²) in [5.41, 5.74) is 2.96. The summed E-state index contributed by atoms with van der Waals surface area (Å²) in [5.74, 6) is 2.45. The molecular formula is C12H20B2F8S2. The lowest BCUT2D eigenvalue weighted by Crippen LogP contribution is -2.02. The summed E-state index contributed by atoms with van der Waals surface area (Å²) in [6.07, 6.45) is 9.18. The van der Waals surface area contributed by atoms with Gasteiger partial charge in [0.05, 0.1) is 25.0 Å². The van der Waals surface area contributed by atoms with Crippen molar-refractivity contribution in [1.82, 2.24) is 0 Å². The zero-order valence-corrected chi connectivity index (χ0v) is 15.4. The van der Waals surface area contributed by atoms with Gasteiger partial charge in [0.25, 0.3) is 0 Å². The molecule has 1 aromatic rings. The first-order chi connectivity index (χ1) is 10.6. The van der Waals surface area contributed by atoms with Gasteiger partial charge < -0.3 is 34.5 Å². The average Bonchev–Trinajstić information content (AvgIpc) is 2.25. The van der Waals surface area contributed by atoms with E-state index in [9.17, 15) is 34.5 Å². The van der Waals surface area contributed by atoms with E-state index in [1.165, 1.54) is 22.6 Å². The van der Waals surface area contributed by atoms with Crippen LogP contribution in [0.4, 0.5) is 34.5 Å². The van der Waals surface area contributed by atoms with Crippen molar-refractivity contribution in [2.24, 2.45) is 0 Å². The molecule has 0 fully saturated rings. The Morgan fingerprint density at radius 2 is 0.750 bits per heavy atom. The molecule has 24 heavy (non-hydrogen) atoms. The molecule has 0 bridgehead atoms. The molecule has 0 aliphatic carbocycles. The fourth-order valence-corrected chi connectivity index (χ4v) is 3.12. The van der Waals surface area contributed by atoms with Crippen LogP contribution in [0.3, 0.4) is 0 Å². The van der Waals surface area contributed by atoms with Gasteiger partial charge in [-0.1, -0.05) is 24.3 Å². The third-order valence-electron chi connectivity index (χ3n) is 1.93. The molecule has 0 heterocycles. The van der Waals surface area contributed by atoms with Crippen molar-refractivity contribution in [3.63, 3.8) is 0 Å². The number of halogens is 8. The summed E-state index contributed by atoms with van der Waals surface area (Å²) in [6, 6.07) is 9.15. The summed E-state index contributed by atoms with van der Waals surface area (Å²) in [7, 11) is -11.0. The number of hydrogen-bond acceptors (Lipinski definition) is 0. The van der Waals surface area contributed by atoms with Gasteiger partial charge in [-0.2, -0.15) is 0 Å². The Hall–Kier alpha value is -0.510. The molecule has 0 unspecified atom stereocenters. The number of benzene rings is 1. The van der Waals surface area contributed by atoms with E-state index in [2.05, 4.69) is 49.3 Å². The Kier molecular flexibility index (Phi) is 12.8. The zero-order chi connectivity index (χ0) is 19.6. The molecule has 12 heteroatoms. The maximum Gasteiger partial charge on any atom is 0.673 e. The molecule has 0 saturated carbocycles. The summed E-state index contributed by atoms with van der Waals surface area (Å²) in [6.45, 7) is 0. The van der Waals surface area contributed by atoms with E-state index < -0.39 is 14.5 Å². The van der Waals surface area contributed by atoms with Crippen molar-refractivity contribution in [3.8, 4) is 0 Å². The summed E-state index contributed by atoms with van der Waals surface area (Å²) in [4.78, 5) is 0. The minimum atomic E-state index is -6.00. The van der Waals surface area contributed by atoms with Crippen LogP contribution in [-0.4, -0.2) is 39.5 Å². The standard InChI is InChI=1S/C12H20S2.2BF4/c1-13(2)9-11-5-7-12(8-6-11)10-14(3)4;2*2-1(3,4)5/h5-8H,9-10H2,1-4H3;;/q+2;2*-1. The highest BCUT2D eigenvalue weighted by Gasteiger charge is 2.21. The Morgan fingerprint density at radius 3 is 0.875 bits per heavy atom. The lowest BCUT2D eigenvalue weighted by molar-refractivity contribution is 0.366. The SMILES string of the molecule is C[S+](C)Cc1ccc(C[S+](C)C)cc1.F[B-](F)(F)F.F[B-](F)(F)F. The van der Waals surface area contributed by atoms with Gasteiger partial charge in [0, 0.05) is 11.1 Å². The van der Waals surface area contributed by atoms with Crippen molar-refractivity contribution >= 4 is 36.3 Å². The Balaban J connectivity index is 0. The van der Waals surface area contributed by atoms with Gasteiger partial charge in [-0.25, -0.2) is 0 Å². The van der Waals surface area contributed by atoms with E-state index in [4.69, 9.17) is 0 Å². The van der Waals surface area contributed by atoms with Gasteiger partial charge >= 0.3 is 14.5 Å². The molecule has 0 amide bonds. The molecule has 0 saturated heterocycles. The minimum absolute atomic E-state index is 0.518. The van der Waals surface area contributed by atoms with E-state index in [1.54, 1.807) is 0 Å². The van der Waals surface area contributed by atoms with Gasteiger partial charge in [0.1, 0.15) is 11.5 Å². The van der Waals surface area contributed by atoms with Crippen LogP contribution in [-0.2, 0) is 33.3 Å². The molecule has 0 N–H and O–H groups in total. The fraction of sp³-hybridized carbons (Fsp3) is 0.500. The Morgan fingerprint density at radius 1 is 0.583 bits per heavy atom. The second kappa shape index (κ2) is 11.9. The van der Waals surface area contributed by atoms with Gasteiger partial charge in [-0.05, 0) is 21.8 Å². The summed E-state index contributed by atoms with van der Waals surface area (Å²) in [5, 5.41) is 0. The van der Waals surface area contributed by atoms with Crippen molar-refractivity contribution in [1.29, 1.82) is 0 Å². The fourth-order valence-electron chi connectivity index (χ4n) is 1.40. The molecule has 142 valence electrons. The first kappa shape index (κ1) is 25.7. The van der Waals surface area contributed by atoms with E-state index >= 15 is 0 Å². The van der Waals surface area contributed by atoms with Crippen molar-refractivity contribution < 1.29 is 34.5 Å². The quantitative estimate of drug-likeness (QED) is 0.376. The van der Waals surface area contributed by atoms with Crippen LogP contribution in [0.2, 0.25) is 0 Å². The van der Waals surface area contributed by atoms with Gasteiger partial charge in [0.2, 0.25) is 0 Å². The maximum atomic E-state index is 9.75. The van der Waals surface area contributed by atoms with E-state index in [1.807, 2.05) is 0 Å². The monoisotopic (exact) mass is 402 g/mol. The Labute approximate surface area is 143 Å². The normalized spacial score (nSPS) is 11.6. The number of hydrogen-bond donors (Lipinski definition) is 0. The average molecular weight is 402 g/mol. The molecule has 0 radical (unpaired) electrons. The second-order valence-corrected chi connectivity index (χ2v) is 9.59. The highest BCUT2D eigenvalue weighted by Crippen LogP contribution is 2.10. The minimum Gasteiger partial charge on any atom is -0.418 e. The molecule has 0 atom stereocenters. The molecule has 1 aromatic carbocycles. The highest BCUT2D eigenvalue weighted by atomic mass is 32.2. The zero-order valence-electron chi connectivity index (χ0n) is 13.7. The topological polar surface area (TPSA) is 0 Å². The van der Waals surface area contributed by atoms with E-state index in [0.717, 1.165) is 0 Å². The van der Waals surface area contributed by atoms with Crippen LogP contribution in [0.1, 0.15) is 11.1 Å². The van der Waals surface area contributed by atoms with Crippen LogP contribution in [0, 0.1) is 0 Å². The van der Waals surface area contributed by atoms with Gasteiger partial charge in [-0.15, -0.1) is 0 Å². The number of rotatable bonds is 4. The van der Waals surface area contributed by atoms with Crippen LogP contribution in [0.15, 0.2) is 24.3 Å². The smallest absolute Gasteiger partial charge is 0.418 e. The molecule has 0 aromatic heterocycles. The van der Waals surface area contributed by atoms with Crippen molar-refractivity contribution in [2.45, 2.75) is 11.5 Å². The van der Waals surface area contributed by atoms with Crippen LogP contribution in [0.25, 0.3) is 0 Å². The third kappa shape index (κ3) is 29.5. The molecule has 0 spiro atoms. The summed E-state index contributed by atoms with van der Waals surface area (Å²) >= 11 is 0. The summed E-state index contributed by atoms with van der Waals surface area (Å²) < 4.78 is 78.0. The molecular weight excluding hydrogens is 382 g/mol. The predicted molar refractivity (Wildman–Crippen MR) is 92.6 cm³/mol. The first-order valence-electron chi connectivity index (χ1n) is 6.48. The predicted octanol–water partition coefficient (Wildman–Crippen LogP) is 5.04. The largest absolute Gasteiger partial charge is 0.673 e. The maximum absolute atomic E-state index is 9.75. The second-order valence-electron chi connectivity index (χ2n) is 5.07. The molecule has 0 aliphatic heterocycles. The first-order valence-corrected chi connectivity index (χ1v) is 10.9. The van der Waals surface area contributed by atoms with Crippen LogP contribution in [0.5, 0.6) is 0 Å². The van der Waals surface area contributed by atoms with Crippen molar-refractivity contribution in [3.05, 3.63) is 35.4 Å².